The highest BCUT2D eigenvalue weighted by Gasteiger charge is 2.50. The van der Waals surface area contributed by atoms with E-state index in [1.807, 2.05) is 0 Å². The standard InChI is InChI=1S/C63H104O12/c1-4-7-10-13-16-19-22-25-27-28-30-32-34-37-40-43-46-49-55(64)71-52-54(73-56(65)50-47-44-41-38-36-33-29-26-23-20-17-14-11-8-5-2)53-72-63-61(59(68)58(67)60(75-63)62(69)70)74-57(66)51-48-45-42-39-35-31-24-21-18-15-12-9-6-3/h8,11-12,15-17,19-21,24-27,29,54,58-61,63,67-68H,4-7,9-10,13-14,18,22-23,28,30-53H2,1-3H3,(H,69,70)/b11-8-,15-12-,19-16-,20-17-,24-21-,27-25-,29-26-. The number of allylic oxidation sites excluding steroid dienone is 14. The molecule has 0 spiro atoms. The molecule has 0 radical (unpaired) electrons. The van der Waals surface area contributed by atoms with Crippen LogP contribution >= 0.6 is 0 Å². The van der Waals surface area contributed by atoms with Gasteiger partial charge in [-0.3, -0.25) is 14.4 Å². The summed E-state index contributed by atoms with van der Waals surface area (Å²) in [6.45, 7) is 5.76. The van der Waals surface area contributed by atoms with Gasteiger partial charge >= 0.3 is 23.9 Å². The molecule has 0 aromatic rings. The molecule has 12 heteroatoms. The van der Waals surface area contributed by atoms with Crippen LogP contribution in [-0.2, 0) is 42.9 Å². The van der Waals surface area contributed by atoms with E-state index in [0.29, 0.717) is 19.3 Å². The Hall–Kier alpha value is -4.10. The number of aliphatic hydroxyl groups is 2. The van der Waals surface area contributed by atoms with Crippen LogP contribution in [-0.4, -0.2) is 89.2 Å². The quantitative estimate of drug-likeness (QED) is 0.0228. The van der Waals surface area contributed by atoms with Crippen LogP contribution in [0.4, 0.5) is 0 Å². The van der Waals surface area contributed by atoms with Crippen LogP contribution in [0.15, 0.2) is 85.1 Å². The predicted molar refractivity (Wildman–Crippen MR) is 303 cm³/mol. The zero-order chi connectivity index (χ0) is 54.7. The Morgan fingerprint density at radius 2 is 0.867 bits per heavy atom. The van der Waals surface area contributed by atoms with Crippen molar-refractivity contribution in [2.75, 3.05) is 13.2 Å². The number of carboxylic acids is 1. The Balaban J connectivity index is 2.72. The topological polar surface area (TPSA) is 175 Å². The highest BCUT2D eigenvalue weighted by molar-refractivity contribution is 5.74. The monoisotopic (exact) mass is 1050 g/mol. The minimum Gasteiger partial charge on any atom is -0.479 e. The van der Waals surface area contributed by atoms with E-state index in [4.69, 9.17) is 23.7 Å². The van der Waals surface area contributed by atoms with Crippen LogP contribution in [0.3, 0.4) is 0 Å². The van der Waals surface area contributed by atoms with E-state index in [9.17, 15) is 34.5 Å². The van der Waals surface area contributed by atoms with Gasteiger partial charge < -0.3 is 39.0 Å². The smallest absolute Gasteiger partial charge is 0.335 e. The molecule has 1 aliphatic rings. The molecule has 0 aromatic carbocycles. The number of unbranched alkanes of at least 4 members (excludes halogenated alkanes) is 21. The Kier molecular flexibility index (Phi) is 46.6. The fourth-order valence-electron chi connectivity index (χ4n) is 8.39. The maximum Gasteiger partial charge on any atom is 0.335 e. The molecule has 1 saturated heterocycles. The Bertz CT molecular complexity index is 1630. The van der Waals surface area contributed by atoms with Crippen molar-refractivity contribution in [2.24, 2.45) is 0 Å². The molecule has 1 aliphatic heterocycles. The van der Waals surface area contributed by atoms with Gasteiger partial charge in [0.1, 0.15) is 18.8 Å². The van der Waals surface area contributed by atoms with Gasteiger partial charge in [-0.05, 0) is 109 Å². The maximum atomic E-state index is 13.1. The molecule has 1 rings (SSSR count). The summed E-state index contributed by atoms with van der Waals surface area (Å²) in [6.07, 6.45) is 52.6. The average molecular weight is 1050 g/mol. The minimum absolute atomic E-state index is 0.0383. The van der Waals surface area contributed by atoms with Crippen LogP contribution in [0, 0.1) is 0 Å². The summed E-state index contributed by atoms with van der Waals surface area (Å²) in [5.41, 5.74) is 0. The van der Waals surface area contributed by atoms with Gasteiger partial charge in [0.15, 0.2) is 24.6 Å². The molecular weight excluding hydrogens is 949 g/mol. The van der Waals surface area contributed by atoms with Crippen molar-refractivity contribution in [2.45, 2.75) is 276 Å². The molecule has 0 amide bonds. The number of ether oxygens (including phenoxy) is 5. The third kappa shape index (κ3) is 40.8. The molecule has 3 N–H and O–H groups in total. The number of carboxylic acid groups (broad SMARTS) is 1. The number of esters is 3. The molecule has 0 aliphatic carbocycles. The summed E-state index contributed by atoms with van der Waals surface area (Å²) >= 11 is 0. The van der Waals surface area contributed by atoms with E-state index in [-0.39, 0.29) is 25.9 Å². The molecule has 12 nitrogen and oxygen atoms in total. The van der Waals surface area contributed by atoms with Crippen molar-refractivity contribution in [3.8, 4) is 0 Å². The predicted octanol–water partition coefficient (Wildman–Crippen LogP) is 15.1. The molecule has 428 valence electrons. The van der Waals surface area contributed by atoms with Crippen molar-refractivity contribution in [3.05, 3.63) is 85.1 Å². The zero-order valence-electron chi connectivity index (χ0n) is 47.0. The summed E-state index contributed by atoms with van der Waals surface area (Å²) in [5, 5.41) is 31.5. The fourth-order valence-corrected chi connectivity index (χ4v) is 8.39. The number of hydrogen-bond donors (Lipinski definition) is 3. The van der Waals surface area contributed by atoms with Crippen molar-refractivity contribution in [3.63, 3.8) is 0 Å². The second kappa shape index (κ2) is 50.7. The number of hydrogen-bond acceptors (Lipinski definition) is 11. The summed E-state index contributed by atoms with van der Waals surface area (Å²) in [6, 6.07) is 0. The molecule has 0 saturated carbocycles. The fraction of sp³-hybridized carbons (Fsp3) is 0.714. The lowest BCUT2D eigenvalue weighted by Crippen LogP contribution is -2.61. The Morgan fingerprint density at radius 1 is 0.453 bits per heavy atom. The molecular formula is C63H104O12. The summed E-state index contributed by atoms with van der Waals surface area (Å²) in [7, 11) is 0. The molecule has 0 aromatic heterocycles. The van der Waals surface area contributed by atoms with Crippen molar-refractivity contribution >= 4 is 23.9 Å². The maximum absolute atomic E-state index is 13.1. The second-order valence-corrected chi connectivity index (χ2v) is 19.9. The van der Waals surface area contributed by atoms with Gasteiger partial charge in [0.05, 0.1) is 6.61 Å². The first-order valence-corrected chi connectivity index (χ1v) is 29.6. The first-order valence-electron chi connectivity index (χ1n) is 29.6. The van der Waals surface area contributed by atoms with Gasteiger partial charge in [0, 0.05) is 19.3 Å². The molecule has 1 fully saturated rings. The SMILES string of the molecule is CC/C=C\C/C=C\C/C=C\CCCCCCCC(=O)OC(COC(=O)CCCCCCCCC/C=C\C/C=C\CCCCC)COC1OC(C(=O)O)C(O)C(O)C1OC(=O)CCCCCCC/C=C\C/C=C\CCC. The summed E-state index contributed by atoms with van der Waals surface area (Å²) in [4.78, 5) is 51.1. The second-order valence-electron chi connectivity index (χ2n) is 19.9. The van der Waals surface area contributed by atoms with Crippen LogP contribution in [0.5, 0.6) is 0 Å². The highest BCUT2D eigenvalue weighted by Crippen LogP contribution is 2.26. The van der Waals surface area contributed by atoms with Gasteiger partial charge in [-0.25, -0.2) is 4.79 Å². The molecule has 0 bridgehead atoms. The number of aliphatic hydroxyl groups excluding tert-OH is 2. The van der Waals surface area contributed by atoms with Crippen LogP contribution < -0.4 is 0 Å². The van der Waals surface area contributed by atoms with Crippen LogP contribution in [0.2, 0.25) is 0 Å². The summed E-state index contributed by atoms with van der Waals surface area (Å²) in [5.74, 6) is -3.17. The molecule has 6 atom stereocenters. The van der Waals surface area contributed by atoms with Crippen molar-refractivity contribution in [1.82, 2.24) is 0 Å². The van der Waals surface area contributed by atoms with Gasteiger partial charge in [-0.1, -0.05) is 196 Å². The lowest BCUT2D eigenvalue weighted by atomic mass is 9.98. The van der Waals surface area contributed by atoms with Gasteiger partial charge in [0.2, 0.25) is 0 Å². The normalized spacial score (nSPS) is 18.8. The van der Waals surface area contributed by atoms with Gasteiger partial charge in [-0.2, -0.15) is 0 Å². The third-order valence-electron chi connectivity index (χ3n) is 12.9. The van der Waals surface area contributed by atoms with Crippen molar-refractivity contribution in [1.29, 1.82) is 0 Å². The van der Waals surface area contributed by atoms with E-state index in [2.05, 4.69) is 106 Å². The highest BCUT2D eigenvalue weighted by atomic mass is 16.7. The van der Waals surface area contributed by atoms with Crippen LogP contribution in [0.1, 0.15) is 239 Å². The number of rotatable bonds is 49. The number of aliphatic carboxylic acids is 1. The summed E-state index contributed by atoms with van der Waals surface area (Å²) < 4.78 is 28.4. The molecule has 75 heavy (non-hydrogen) atoms. The van der Waals surface area contributed by atoms with Gasteiger partial charge in [-0.15, -0.1) is 0 Å². The lowest BCUT2D eigenvalue weighted by Gasteiger charge is -2.40. The van der Waals surface area contributed by atoms with E-state index >= 15 is 0 Å². The van der Waals surface area contributed by atoms with E-state index in [1.165, 1.54) is 38.5 Å². The zero-order valence-corrected chi connectivity index (χ0v) is 47.0. The van der Waals surface area contributed by atoms with Crippen molar-refractivity contribution < 1.29 is 58.2 Å². The molecule has 6 unspecified atom stereocenters. The van der Waals surface area contributed by atoms with Gasteiger partial charge in [0.25, 0.3) is 0 Å². The Morgan fingerprint density at radius 3 is 1.33 bits per heavy atom. The Labute approximate surface area is 454 Å². The first-order chi connectivity index (χ1) is 36.6. The van der Waals surface area contributed by atoms with E-state index < -0.39 is 67.3 Å². The first kappa shape index (κ1) is 68.9. The largest absolute Gasteiger partial charge is 0.479 e. The number of carbonyl (C=O) groups excluding carboxylic acids is 3. The lowest BCUT2D eigenvalue weighted by molar-refractivity contribution is -0.301. The van der Waals surface area contributed by atoms with E-state index in [1.54, 1.807) is 0 Å². The minimum atomic E-state index is -1.91. The number of carbonyl (C=O) groups is 4. The van der Waals surface area contributed by atoms with E-state index in [0.717, 1.165) is 141 Å². The van der Waals surface area contributed by atoms with Crippen LogP contribution in [0.25, 0.3) is 0 Å². The average Bonchev–Trinajstić information content (AvgIpc) is 3.39. The molecule has 1 heterocycles. The third-order valence-corrected chi connectivity index (χ3v) is 12.9.